The first-order valence-corrected chi connectivity index (χ1v) is 18.5. The predicted octanol–water partition coefficient (Wildman–Crippen LogP) is 6.11. The van der Waals surface area contributed by atoms with Crippen molar-refractivity contribution in [3.63, 3.8) is 0 Å². The minimum atomic E-state index is -4.36. The molecule has 0 aliphatic carbocycles. The summed E-state index contributed by atoms with van der Waals surface area (Å²) in [6.07, 6.45) is -1.46. The van der Waals surface area contributed by atoms with Crippen LogP contribution >= 0.6 is 7.60 Å². The van der Waals surface area contributed by atoms with Crippen molar-refractivity contribution in [1.82, 2.24) is 16.0 Å². The van der Waals surface area contributed by atoms with E-state index in [1.807, 2.05) is 60.7 Å². The van der Waals surface area contributed by atoms with Gasteiger partial charge in [0.1, 0.15) is 30.2 Å². The molecule has 53 heavy (non-hydrogen) atoms. The first-order valence-electron chi connectivity index (χ1n) is 16.9. The lowest BCUT2D eigenvalue weighted by atomic mass is 10.0. The lowest BCUT2D eigenvalue weighted by molar-refractivity contribution is -0.129. The number of alkyl carbamates (subject to hydrolysis) is 1. The fourth-order valence-electron chi connectivity index (χ4n) is 5.23. The zero-order chi connectivity index (χ0) is 37.6. The van der Waals surface area contributed by atoms with Gasteiger partial charge >= 0.3 is 13.7 Å². The molecule has 7 N–H and O–H groups in total. The third-order valence-electron chi connectivity index (χ3n) is 8.04. The number of hydrogen-bond acceptors (Lipinski definition) is 9. The molecular weight excluding hydrogens is 693 g/mol. The molecule has 0 aliphatic rings. The number of benzene rings is 5. The number of amides is 3. The first kappa shape index (κ1) is 38.3. The molecule has 0 saturated carbocycles. The molecule has 5 aromatic carbocycles. The van der Waals surface area contributed by atoms with Crippen LogP contribution in [0.3, 0.4) is 0 Å². The van der Waals surface area contributed by atoms with Gasteiger partial charge in [-0.25, -0.2) is 9.36 Å². The highest BCUT2D eigenvalue weighted by Gasteiger charge is 2.43. The summed E-state index contributed by atoms with van der Waals surface area (Å²) < 4.78 is 32.5. The molecule has 0 fully saturated rings. The second-order valence-corrected chi connectivity index (χ2v) is 14.1. The molecule has 5 rings (SSSR count). The van der Waals surface area contributed by atoms with E-state index in [-0.39, 0.29) is 24.5 Å². The van der Waals surface area contributed by atoms with Crippen molar-refractivity contribution in [3.8, 4) is 11.5 Å². The molecule has 274 valence electrons. The molecule has 0 aliphatic heterocycles. The Morgan fingerprint density at radius 1 is 0.604 bits per heavy atom. The number of nitrogens with two attached hydrogens (primary N) is 2. The van der Waals surface area contributed by atoms with Crippen molar-refractivity contribution in [3.05, 3.63) is 168 Å². The predicted molar refractivity (Wildman–Crippen MR) is 201 cm³/mol. The quantitative estimate of drug-likeness (QED) is 0.0589. The maximum atomic E-state index is 15.0. The number of nitrogens with one attached hydrogen (secondary N) is 3. The van der Waals surface area contributed by atoms with Crippen LogP contribution in [0.4, 0.5) is 4.79 Å². The minimum Gasteiger partial charge on any atom is -0.445 e. The Hall–Kier alpha value is -5.94. The highest BCUT2D eigenvalue weighted by molar-refractivity contribution is 7.55. The van der Waals surface area contributed by atoms with E-state index >= 15 is 0 Å². The summed E-state index contributed by atoms with van der Waals surface area (Å²) in [5.74, 6) is -2.25. The van der Waals surface area contributed by atoms with E-state index in [1.54, 1.807) is 84.9 Å². The summed E-state index contributed by atoms with van der Waals surface area (Å²) in [5, 5.41) is 8.11. The van der Waals surface area contributed by atoms with E-state index < -0.39 is 49.5 Å². The summed E-state index contributed by atoms with van der Waals surface area (Å²) in [5.41, 5.74) is 14.3. The Bertz CT molecular complexity index is 1920. The van der Waals surface area contributed by atoms with E-state index in [0.717, 1.165) is 11.1 Å². The van der Waals surface area contributed by atoms with Crippen molar-refractivity contribution in [2.75, 3.05) is 0 Å². The van der Waals surface area contributed by atoms with Crippen LogP contribution in [0.5, 0.6) is 11.5 Å². The van der Waals surface area contributed by atoms with Crippen LogP contribution in [0, 0.1) is 0 Å². The van der Waals surface area contributed by atoms with Crippen LogP contribution < -0.4 is 36.5 Å². The topological polar surface area (TPSA) is 184 Å². The summed E-state index contributed by atoms with van der Waals surface area (Å²) in [7, 11) is -4.36. The fourth-order valence-corrected chi connectivity index (χ4v) is 7.13. The molecule has 0 radical (unpaired) electrons. The van der Waals surface area contributed by atoms with Crippen molar-refractivity contribution in [2.24, 2.45) is 11.5 Å². The minimum absolute atomic E-state index is 0.000897. The van der Waals surface area contributed by atoms with Crippen LogP contribution in [0.15, 0.2) is 146 Å². The molecule has 12 nitrogen and oxygen atoms in total. The van der Waals surface area contributed by atoms with Crippen molar-refractivity contribution >= 4 is 25.5 Å². The third-order valence-corrected chi connectivity index (χ3v) is 10.0. The zero-order valence-electron chi connectivity index (χ0n) is 29.0. The lowest BCUT2D eigenvalue weighted by Crippen LogP contribution is -2.53. The van der Waals surface area contributed by atoms with Crippen LogP contribution in [0.25, 0.3) is 0 Å². The monoisotopic (exact) mass is 735 g/mol. The second kappa shape index (κ2) is 18.5. The average molecular weight is 736 g/mol. The van der Waals surface area contributed by atoms with Crippen molar-refractivity contribution in [2.45, 2.75) is 44.0 Å². The van der Waals surface area contributed by atoms with Crippen LogP contribution in [0.2, 0.25) is 0 Å². The number of rotatable bonds is 16. The molecule has 3 atom stereocenters. The lowest BCUT2D eigenvalue weighted by Gasteiger charge is -2.30. The average Bonchev–Trinajstić information content (AvgIpc) is 3.17. The summed E-state index contributed by atoms with van der Waals surface area (Å²) in [4.78, 5) is 40.5. The Kier molecular flexibility index (Phi) is 13.4. The van der Waals surface area contributed by atoms with Crippen molar-refractivity contribution in [1.29, 1.82) is 0 Å². The van der Waals surface area contributed by atoms with E-state index in [2.05, 4.69) is 16.0 Å². The van der Waals surface area contributed by atoms with Crippen molar-refractivity contribution < 1.29 is 32.7 Å². The molecule has 0 bridgehead atoms. The van der Waals surface area contributed by atoms with Gasteiger partial charge in [-0.05, 0) is 53.4 Å². The van der Waals surface area contributed by atoms with Crippen LogP contribution in [-0.4, -0.2) is 30.0 Å². The molecule has 0 aromatic heterocycles. The van der Waals surface area contributed by atoms with E-state index in [9.17, 15) is 18.9 Å². The van der Waals surface area contributed by atoms with Gasteiger partial charge in [-0.1, -0.05) is 121 Å². The molecule has 1 unspecified atom stereocenters. The number of carbonyl (C=O) groups excluding carboxylic acids is 3. The molecule has 0 spiro atoms. The van der Waals surface area contributed by atoms with Gasteiger partial charge in [0.15, 0.2) is 5.78 Å². The molecule has 0 saturated heterocycles. The van der Waals surface area contributed by atoms with Gasteiger partial charge in [0.25, 0.3) is 0 Å². The maximum Gasteiger partial charge on any atom is 0.457 e. The van der Waals surface area contributed by atoms with E-state index in [0.29, 0.717) is 11.1 Å². The van der Waals surface area contributed by atoms with Gasteiger partial charge in [-0.2, -0.15) is 0 Å². The van der Waals surface area contributed by atoms with E-state index in [1.165, 1.54) is 6.92 Å². The number of hydrogen-bond donors (Lipinski definition) is 5. The molecule has 13 heteroatoms. The zero-order valence-corrected chi connectivity index (χ0v) is 29.9. The molecule has 5 aromatic rings. The largest absolute Gasteiger partial charge is 0.457 e. The van der Waals surface area contributed by atoms with Gasteiger partial charge in [-0.3, -0.25) is 9.59 Å². The Balaban J connectivity index is 1.38. The SMILES string of the molecule is C[C@H](NC(=O)[C@@H](Cc1ccccc1)NC(=O)OCc1ccccc1)C(=O)NC(c1ccc(C(N)N)cc1)P(=O)(Oc1ccccc1)Oc1ccccc1. The smallest absolute Gasteiger partial charge is 0.445 e. The molecule has 3 amide bonds. The van der Waals surface area contributed by atoms with Gasteiger partial charge in [-0.15, -0.1) is 0 Å². The highest BCUT2D eigenvalue weighted by Crippen LogP contribution is 2.59. The van der Waals surface area contributed by atoms with E-state index in [4.69, 9.17) is 25.3 Å². The summed E-state index contributed by atoms with van der Waals surface area (Å²) in [6, 6.07) is 39.3. The van der Waals surface area contributed by atoms with Crippen LogP contribution in [0.1, 0.15) is 41.1 Å². The molecule has 0 heterocycles. The van der Waals surface area contributed by atoms with Gasteiger partial charge in [0.2, 0.25) is 11.8 Å². The third kappa shape index (κ3) is 11.3. The van der Waals surface area contributed by atoms with Gasteiger partial charge in [0.05, 0.1) is 6.17 Å². The highest BCUT2D eigenvalue weighted by atomic mass is 31.2. The molecular formula is C40H42N5O7P. The second-order valence-electron chi connectivity index (χ2n) is 12.1. The number of carbonyl (C=O) groups is 3. The van der Waals surface area contributed by atoms with Gasteiger partial charge < -0.3 is 41.2 Å². The number of ether oxygens (including phenoxy) is 1. The summed E-state index contributed by atoms with van der Waals surface area (Å²) in [6.45, 7) is 1.47. The summed E-state index contributed by atoms with van der Waals surface area (Å²) >= 11 is 0. The Morgan fingerprint density at radius 2 is 1.08 bits per heavy atom. The Labute approximate surface area is 308 Å². The standard InChI is InChI=1S/C40H42N5O7P/c1-28(43-38(47)35(26-29-14-6-2-7-15-29)44-40(48)50-27-30-16-8-3-9-17-30)37(46)45-39(32-24-22-31(23-25-32)36(41)42)53(49,51-33-18-10-4-11-19-33)52-34-20-12-5-13-21-34/h2-25,28,35-36,39H,26-27,41-42H2,1H3,(H,43,47)(H,44,48)(H,45,46)/t28-,35+,39?/m0/s1. The van der Waals surface area contributed by atoms with Crippen LogP contribution in [-0.2, 0) is 31.9 Å². The maximum absolute atomic E-state index is 15.0. The normalized spacial score (nSPS) is 12.8. The number of para-hydroxylation sites is 2. The van der Waals surface area contributed by atoms with Gasteiger partial charge in [0, 0.05) is 6.42 Å². The Morgan fingerprint density at radius 3 is 1.58 bits per heavy atom. The first-order chi connectivity index (χ1) is 25.6. The fraction of sp³-hybridized carbons (Fsp3) is 0.175.